The molecule has 0 amide bonds. The number of thiazole rings is 1. The summed E-state index contributed by atoms with van der Waals surface area (Å²) in [4.78, 5) is 15.5. The second kappa shape index (κ2) is 10.5. The zero-order chi connectivity index (χ0) is 23.3. The minimum Gasteiger partial charge on any atom is -0.497 e. The van der Waals surface area contributed by atoms with Gasteiger partial charge in [0.1, 0.15) is 10.9 Å². The number of hydrogen-bond donors (Lipinski definition) is 1. The maximum absolute atomic E-state index is 6.23. The number of aromatic nitrogens is 3. The van der Waals surface area contributed by atoms with Crippen LogP contribution in [0.3, 0.4) is 0 Å². The SMILES string of the molecule is COc1ccc(N=c2scc(-c3ccc(N4CCOCC4)cc3)n2CCc2[nH]cnc2Cl)cc1. The van der Waals surface area contributed by atoms with Crippen LogP contribution < -0.4 is 14.4 Å². The maximum atomic E-state index is 6.23. The molecular weight excluding hydrogens is 470 g/mol. The number of ether oxygens (including phenoxy) is 2. The summed E-state index contributed by atoms with van der Waals surface area (Å²) in [5.41, 5.74) is 5.30. The number of imidazole rings is 1. The van der Waals surface area contributed by atoms with Crippen molar-refractivity contribution in [2.24, 2.45) is 4.99 Å². The molecular formula is C25H26ClN5O2S. The molecule has 0 spiro atoms. The monoisotopic (exact) mass is 495 g/mol. The molecule has 0 saturated carbocycles. The third kappa shape index (κ3) is 5.04. The highest BCUT2D eigenvalue weighted by atomic mass is 35.5. The molecule has 0 radical (unpaired) electrons. The number of anilines is 1. The first-order valence-electron chi connectivity index (χ1n) is 11.2. The summed E-state index contributed by atoms with van der Waals surface area (Å²) in [7, 11) is 1.66. The minimum absolute atomic E-state index is 0.515. The molecule has 3 heterocycles. The van der Waals surface area contributed by atoms with Gasteiger partial charge < -0.3 is 23.9 Å². The van der Waals surface area contributed by atoms with Crippen molar-refractivity contribution in [2.75, 3.05) is 38.3 Å². The fourth-order valence-corrected chi connectivity index (χ4v) is 5.15. The Morgan fingerprint density at radius 2 is 1.88 bits per heavy atom. The summed E-state index contributed by atoms with van der Waals surface area (Å²) in [5, 5.41) is 2.68. The molecule has 34 heavy (non-hydrogen) atoms. The van der Waals surface area contributed by atoms with E-state index in [0.29, 0.717) is 5.15 Å². The Morgan fingerprint density at radius 1 is 1.12 bits per heavy atom. The second-order valence-electron chi connectivity index (χ2n) is 7.93. The van der Waals surface area contributed by atoms with Gasteiger partial charge in [0.15, 0.2) is 4.80 Å². The lowest BCUT2D eigenvalue weighted by molar-refractivity contribution is 0.122. The van der Waals surface area contributed by atoms with Crippen LogP contribution in [0.15, 0.2) is 65.2 Å². The van der Waals surface area contributed by atoms with Crippen molar-refractivity contribution >= 4 is 34.3 Å². The molecule has 0 atom stereocenters. The summed E-state index contributed by atoms with van der Waals surface area (Å²) in [5.74, 6) is 0.813. The molecule has 0 unspecified atom stereocenters. The lowest BCUT2D eigenvalue weighted by Crippen LogP contribution is -2.36. The normalized spacial score (nSPS) is 14.5. The van der Waals surface area contributed by atoms with E-state index in [1.807, 2.05) is 24.3 Å². The number of halogens is 1. The molecule has 2 aromatic heterocycles. The minimum atomic E-state index is 0.515. The molecule has 9 heteroatoms. The molecule has 2 aromatic carbocycles. The molecule has 1 fully saturated rings. The van der Waals surface area contributed by atoms with E-state index >= 15 is 0 Å². The number of H-pyrrole nitrogens is 1. The summed E-state index contributed by atoms with van der Waals surface area (Å²) < 4.78 is 13.0. The van der Waals surface area contributed by atoms with Crippen LogP contribution in [0.5, 0.6) is 5.75 Å². The van der Waals surface area contributed by atoms with Crippen molar-refractivity contribution in [3.63, 3.8) is 0 Å². The van der Waals surface area contributed by atoms with Crippen LogP contribution in [0.25, 0.3) is 11.3 Å². The average Bonchev–Trinajstić information content (AvgIpc) is 3.49. The second-order valence-corrected chi connectivity index (χ2v) is 9.13. The van der Waals surface area contributed by atoms with Crippen molar-refractivity contribution in [3.05, 3.63) is 75.9 Å². The molecule has 1 saturated heterocycles. The number of rotatable bonds is 7. The third-order valence-electron chi connectivity index (χ3n) is 5.89. The van der Waals surface area contributed by atoms with Gasteiger partial charge in [-0.2, -0.15) is 0 Å². The van der Waals surface area contributed by atoms with Crippen LogP contribution in [0.1, 0.15) is 5.69 Å². The lowest BCUT2D eigenvalue weighted by atomic mass is 10.1. The predicted octanol–water partition coefficient (Wildman–Crippen LogP) is 4.91. The molecule has 1 aliphatic rings. The number of nitrogens with zero attached hydrogens (tertiary/aromatic N) is 4. The zero-order valence-corrected chi connectivity index (χ0v) is 20.5. The van der Waals surface area contributed by atoms with Crippen LogP contribution in [-0.4, -0.2) is 47.9 Å². The van der Waals surface area contributed by atoms with Gasteiger partial charge in [-0.1, -0.05) is 23.7 Å². The molecule has 1 aliphatic heterocycles. The van der Waals surface area contributed by atoms with Crippen LogP contribution in [-0.2, 0) is 17.7 Å². The average molecular weight is 496 g/mol. The van der Waals surface area contributed by atoms with E-state index in [9.17, 15) is 0 Å². The Balaban J connectivity index is 1.48. The van der Waals surface area contributed by atoms with Gasteiger partial charge in [-0.15, -0.1) is 11.3 Å². The highest BCUT2D eigenvalue weighted by molar-refractivity contribution is 7.07. The fourth-order valence-electron chi connectivity index (χ4n) is 4.00. The quantitative estimate of drug-likeness (QED) is 0.395. The van der Waals surface area contributed by atoms with Crippen LogP contribution in [0.4, 0.5) is 11.4 Å². The standard InChI is InChI=1S/C25H26ClN5O2S/c1-32-21-8-4-19(5-9-21)29-25-31(11-10-22-24(26)28-17-27-22)23(16-34-25)18-2-6-20(7-3-18)30-12-14-33-15-13-30/h2-9,16-17H,10-15H2,1H3,(H,27,28). The number of benzene rings is 2. The first kappa shape index (κ1) is 22.7. The molecule has 4 aromatic rings. The van der Waals surface area contributed by atoms with Gasteiger partial charge in [-0.3, -0.25) is 0 Å². The van der Waals surface area contributed by atoms with Gasteiger partial charge in [-0.05, 0) is 42.0 Å². The zero-order valence-electron chi connectivity index (χ0n) is 18.9. The number of nitrogens with one attached hydrogen (secondary N) is 1. The van der Waals surface area contributed by atoms with Crippen molar-refractivity contribution < 1.29 is 9.47 Å². The van der Waals surface area contributed by atoms with Gasteiger partial charge in [0.2, 0.25) is 0 Å². The maximum Gasteiger partial charge on any atom is 0.190 e. The molecule has 0 bridgehead atoms. The highest BCUT2D eigenvalue weighted by Gasteiger charge is 2.14. The van der Waals surface area contributed by atoms with Crippen molar-refractivity contribution in [2.45, 2.75) is 13.0 Å². The van der Waals surface area contributed by atoms with E-state index in [1.54, 1.807) is 24.8 Å². The summed E-state index contributed by atoms with van der Waals surface area (Å²) >= 11 is 7.86. The van der Waals surface area contributed by atoms with Gasteiger partial charge in [0.25, 0.3) is 0 Å². The van der Waals surface area contributed by atoms with E-state index in [-0.39, 0.29) is 0 Å². The molecule has 7 nitrogen and oxygen atoms in total. The van der Waals surface area contributed by atoms with Crippen LogP contribution in [0.2, 0.25) is 5.15 Å². The molecule has 5 rings (SSSR count). The van der Waals surface area contributed by atoms with Crippen LogP contribution >= 0.6 is 22.9 Å². The topological polar surface area (TPSA) is 67.7 Å². The first-order valence-corrected chi connectivity index (χ1v) is 12.4. The Hall–Kier alpha value is -3.07. The molecule has 1 N–H and O–H groups in total. The van der Waals surface area contributed by atoms with E-state index in [2.05, 4.69) is 49.1 Å². The third-order valence-corrected chi connectivity index (χ3v) is 7.07. The fraction of sp³-hybridized carbons (Fsp3) is 0.280. The Labute approximate surface area is 207 Å². The summed E-state index contributed by atoms with van der Waals surface area (Å²) in [6, 6.07) is 16.5. The van der Waals surface area contributed by atoms with E-state index in [1.165, 1.54) is 5.69 Å². The predicted molar refractivity (Wildman–Crippen MR) is 136 cm³/mol. The van der Waals surface area contributed by atoms with E-state index in [0.717, 1.165) is 72.5 Å². The number of hydrogen-bond acceptors (Lipinski definition) is 6. The number of methoxy groups -OCH3 is 1. The Morgan fingerprint density at radius 3 is 2.56 bits per heavy atom. The lowest BCUT2D eigenvalue weighted by Gasteiger charge is -2.28. The molecule has 0 aliphatic carbocycles. The number of aromatic amines is 1. The van der Waals surface area contributed by atoms with Gasteiger partial charge in [0.05, 0.1) is 43.7 Å². The largest absolute Gasteiger partial charge is 0.497 e. The Bertz CT molecular complexity index is 1290. The van der Waals surface area contributed by atoms with Gasteiger partial charge >= 0.3 is 0 Å². The van der Waals surface area contributed by atoms with Crippen LogP contribution in [0, 0.1) is 0 Å². The van der Waals surface area contributed by atoms with Gasteiger partial charge in [0, 0.05) is 37.1 Å². The molecule has 176 valence electrons. The smallest absolute Gasteiger partial charge is 0.190 e. The van der Waals surface area contributed by atoms with E-state index < -0.39 is 0 Å². The van der Waals surface area contributed by atoms with Gasteiger partial charge in [-0.25, -0.2) is 9.98 Å². The summed E-state index contributed by atoms with van der Waals surface area (Å²) in [6.07, 6.45) is 2.36. The Kier molecular flexibility index (Phi) is 6.99. The first-order chi connectivity index (χ1) is 16.7. The number of morpholine rings is 1. The number of aryl methyl sites for hydroxylation is 1. The van der Waals surface area contributed by atoms with Crippen molar-refractivity contribution in [1.29, 1.82) is 0 Å². The highest BCUT2D eigenvalue weighted by Crippen LogP contribution is 2.26. The van der Waals surface area contributed by atoms with Crippen molar-refractivity contribution in [1.82, 2.24) is 14.5 Å². The van der Waals surface area contributed by atoms with Crippen molar-refractivity contribution in [3.8, 4) is 17.0 Å². The summed E-state index contributed by atoms with van der Waals surface area (Å²) in [6.45, 7) is 4.12. The van der Waals surface area contributed by atoms with E-state index in [4.69, 9.17) is 26.1 Å².